The molecule has 1 aromatic heterocycles. The van der Waals surface area contributed by atoms with Gasteiger partial charge in [-0.1, -0.05) is 0 Å². The quantitative estimate of drug-likeness (QED) is 0.770. The molecule has 2 aromatic rings. The molecule has 0 saturated carbocycles. The Morgan fingerprint density at radius 2 is 2.20 bits per heavy atom. The zero-order valence-electron chi connectivity index (χ0n) is 8.06. The van der Waals surface area contributed by atoms with Gasteiger partial charge in [-0.25, -0.2) is 14.8 Å². The van der Waals surface area contributed by atoms with Gasteiger partial charge in [0.05, 0.1) is 11.1 Å². The lowest BCUT2D eigenvalue weighted by atomic mass is 10.1. The molecular weight excluding hydrogens is 194 g/mol. The van der Waals surface area contributed by atoms with Crippen molar-refractivity contribution in [2.75, 3.05) is 12.4 Å². The molecule has 0 radical (unpaired) electrons. The van der Waals surface area contributed by atoms with Crippen LogP contribution in [0.4, 0.5) is 5.82 Å². The molecule has 1 heterocycles. The summed E-state index contributed by atoms with van der Waals surface area (Å²) in [5.41, 5.74) is 0.845. The van der Waals surface area contributed by atoms with Crippen LogP contribution in [0.15, 0.2) is 24.5 Å². The molecule has 0 bridgehead atoms. The minimum absolute atomic E-state index is 0.225. The maximum atomic E-state index is 10.7. The van der Waals surface area contributed by atoms with E-state index in [1.807, 2.05) is 0 Å². The van der Waals surface area contributed by atoms with Gasteiger partial charge in [0.1, 0.15) is 12.1 Å². The lowest BCUT2D eigenvalue weighted by molar-refractivity contribution is 0.0697. The number of rotatable bonds is 2. The average molecular weight is 203 g/mol. The van der Waals surface area contributed by atoms with E-state index in [1.54, 1.807) is 13.1 Å². The van der Waals surface area contributed by atoms with Crippen LogP contribution in [-0.4, -0.2) is 28.1 Å². The smallest absolute Gasteiger partial charge is 0.335 e. The highest BCUT2D eigenvalue weighted by molar-refractivity contribution is 5.96. The van der Waals surface area contributed by atoms with Crippen molar-refractivity contribution in [3.8, 4) is 0 Å². The van der Waals surface area contributed by atoms with Gasteiger partial charge in [0.2, 0.25) is 0 Å². The Labute approximate surface area is 85.8 Å². The lowest BCUT2D eigenvalue weighted by Crippen LogP contribution is -1.98. The molecule has 15 heavy (non-hydrogen) atoms. The number of fused-ring (bicyclic) bond motifs is 1. The largest absolute Gasteiger partial charge is 0.478 e. The zero-order valence-corrected chi connectivity index (χ0v) is 8.06. The molecule has 5 nitrogen and oxygen atoms in total. The third-order valence-electron chi connectivity index (χ3n) is 2.12. The van der Waals surface area contributed by atoms with Gasteiger partial charge in [-0.2, -0.15) is 0 Å². The number of aromatic nitrogens is 2. The molecule has 0 unspecified atom stereocenters. The van der Waals surface area contributed by atoms with Crippen LogP contribution in [0.25, 0.3) is 10.9 Å². The minimum atomic E-state index is -0.957. The van der Waals surface area contributed by atoms with E-state index in [4.69, 9.17) is 5.11 Å². The number of carbonyl (C=O) groups is 1. The number of nitrogens with zero attached hydrogens (tertiary/aromatic N) is 2. The summed E-state index contributed by atoms with van der Waals surface area (Å²) >= 11 is 0. The van der Waals surface area contributed by atoms with E-state index in [-0.39, 0.29) is 5.56 Å². The van der Waals surface area contributed by atoms with Gasteiger partial charge in [-0.3, -0.25) is 0 Å². The summed E-state index contributed by atoms with van der Waals surface area (Å²) in [6.07, 6.45) is 1.40. The summed E-state index contributed by atoms with van der Waals surface area (Å²) in [6.45, 7) is 0. The topological polar surface area (TPSA) is 75.1 Å². The SMILES string of the molecule is CNc1ncnc2cc(C(=O)O)ccc12. The molecule has 2 N–H and O–H groups in total. The Morgan fingerprint density at radius 1 is 1.40 bits per heavy atom. The molecule has 0 aliphatic rings. The third kappa shape index (κ3) is 1.59. The summed E-state index contributed by atoms with van der Waals surface area (Å²) < 4.78 is 0. The Bertz CT molecular complexity index is 525. The van der Waals surface area contributed by atoms with Gasteiger partial charge in [0, 0.05) is 12.4 Å². The minimum Gasteiger partial charge on any atom is -0.478 e. The van der Waals surface area contributed by atoms with Gasteiger partial charge in [0.25, 0.3) is 0 Å². The normalized spacial score (nSPS) is 10.2. The molecule has 76 valence electrons. The molecular formula is C10H9N3O2. The number of nitrogens with one attached hydrogen (secondary N) is 1. The van der Waals surface area contributed by atoms with E-state index in [9.17, 15) is 4.79 Å². The fourth-order valence-corrected chi connectivity index (χ4v) is 1.39. The molecule has 0 amide bonds. The molecule has 0 aliphatic carbocycles. The third-order valence-corrected chi connectivity index (χ3v) is 2.12. The molecule has 0 atom stereocenters. The van der Waals surface area contributed by atoms with E-state index in [0.717, 1.165) is 5.39 Å². The van der Waals surface area contributed by atoms with Crippen LogP contribution in [0, 0.1) is 0 Å². The molecule has 0 aliphatic heterocycles. The van der Waals surface area contributed by atoms with Crippen LogP contribution in [0.5, 0.6) is 0 Å². The molecule has 5 heteroatoms. The number of aromatic carboxylic acids is 1. The summed E-state index contributed by atoms with van der Waals surface area (Å²) in [6, 6.07) is 4.76. The van der Waals surface area contributed by atoms with E-state index in [2.05, 4.69) is 15.3 Å². The van der Waals surface area contributed by atoms with Crippen LogP contribution in [0.2, 0.25) is 0 Å². The summed E-state index contributed by atoms with van der Waals surface area (Å²) in [5.74, 6) is -0.265. The number of hydrogen-bond donors (Lipinski definition) is 2. The van der Waals surface area contributed by atoms with Crippen molar-refractivity contribution in [1.82, 2.24) is 9.97 Å². The summed E-state index contributed by atoms with van der Waals surface area (Å²) in [7, 11) is 1.76. The standard InChI is InChI=1S/C10H9N3O2/c1-11-9-7-3-2-6(10(14)15)4-8(7)12-5-13-9/h2-5H,1H3,(H,14,15)(H,11,12,13). The van der Waals surface area contributed by atoms with E-state index >= 15 is 0 Å². The first kappa shape index (κ1) is 9.39. The van der Waals surface area contributed by atoms with Crippen LogP contribution in [0.1, 0.15) is 10.4 Å². The summed E-state index contributed by atoms with van der Waals surface area (Å²) in [4.78, 5) is 18.8. The van der Waals surface area contributed by atoms with Crippen molar-refractivity contribution in [2.45, 2.75) is 0 Å². The van der Waals surface area contributed by atoms with Crippen LogP contribution in [0.3, 0.4) is 0 Å². The number of anilines is 1. The van der Waals surface area contributed by atoms with Gasteiger partial charge < -0.3 is 10.4 Å². The zero-order chi connectivity index (χ0) is 10.8. The molecule has 1 aromatic carbocycles. The predicted octanol–water partition coefficient (Wildman–Crippen LogP) is 1.37. The Balaban J connectivity index is 2.69. The van der Waals surface area contributed by atoms with E-state index in [1.165, 1.54) is 18.5 Å². The Kier molecular flexibility index (Phi) is 2.21. The average Bonchev–Trinajstić information content (AvgIpc) is 2.27. The molecule has 0 fully saturated rings. The molecule has 0 saturated heterocycles. The Morgan fingerprint density at radius 3 is 2.87 bits per heavy atom. The van der Waals surface area contributed by atoms with Crippen molar-refractivity contribution in [3.63, 3.8) is 0 Å². The fraction of sp³-hybridized carbons (Fsp3) is 0.100. The second kappa shape index (κ2) is 3.53. The first-order chi connectivity index (χ1) is 7.22. The van der Waals surface area contributed by atoms with E-state index < -0.39 is 5.97 Å². The second-order valence-corrected chi connectivity index (χ2v) is 3.01. The van der Waals surface area contributed by atoms with Crippen molar-refractivity contribution in [3.05, 3.63) is 30.1 Å². The highest BCUT2D eigenvalue weighted by atomic mass is 16.4. The van der Waals surface area contributed by atoms with Crippen LogP contribution < -0.4 is 5.32 Å². The molecule has 2 rings (SSSR count). The predicted molar refractivity (Wildman–Crippen MR) is 56.0 cm³/mol. The van der Waals surface area contributed by atoms with Crippen molar-refractivity contribution >= 4 is 22.7 Å². The van der Waals surface area contributed by atoms with Gasteiger partial charge in [-0.15, -0.1) is 0 Å². The van der Waals surface area contributed by atoms with Gasteiger partial charge >= 0.3 is 5.97 Å². The highest BCUT2D eigenvalue weighted by Crippen LogP contribution is 2.19. The second-order valence-electron chi connectivity index (χ2n) is 3.01. The maximum Gasteiger partial charge on any atom is 0.335 e. The van der Waals surface area contributed by atoms with E-state index in [0.29, 0.717) is 11.3 Å². The number of benzene rings is 1. The first-order valence-electron chi connectivity index (χ1n) is 4.38. The monoisotopic (exact) mass is 203 g/mol. The van der Waals surface area contributed by atoms with Crippen molar-refractivity contribution in [2.24, 2.45) is 0 Å². The summed E-state index contributed by atoms with van der Waals surface area (Å²) in [5, 5.41) is 12.5. The van der Waals surface area contributed by atoms with Crippen LogP contribution in [-0.2, 0) is 0 Å². The number of hydrogen-bond acceptors (Lipinski definition) is 4. The fourth-order valence-electron chi connectivity index (χ4n) is 1.39. The van der Waals surface area contributed by atoms with Crippen LogP contribution >= 0.6 is 0 Å². The first-order valence-corrected chi connectivity index (χ1v) is 4.38. The number of carboxylic acid groups (broad SMARTS) is 1. The lowest BCUT2D eigenvalue weighted by Gasteiger charge is -2.03. The maximum absolute atomic E-state index is 10.7. The number of carboxylic acids is 1. The Hall–Kier alpha value is -2.17. The molecule has 0 spiro atoms. The van der Waals surface area contributed by atoms with Crippen molar-refractivity contribution < 1.29 is 9.90 Å². The van der Waals surface area contributed by atoms with Crippen molar-refractivity contribution in [1.29, 1.82) is 0 Å². The van der Waals surface area contributed by atoms with Gasteiger partial charge in [0.15, 0.2) is 0 Å². The highest BCUT2D eigenvalue weighted by Gasteiger charge is 2.06. The van der Waals surface area contributed by atoms with Gasteiger partial charge in [-0.05, 0) is 18.2 Å².